The number of rotatable bonds is 3. The summed E-state index contributed by atoms with van der Waals surface area (Å²) in [6, 6.07) is 7.06. The van der Waals surface area contributed by atoms with Crippen molar-refractivity contribution in [1.29, 1.82) is 0 Å². The van der Waals surface area contributed by atoms with E-state index in [4.69, 9.17) is 58.0 Å². The van der Waals surface area contributed by atoms with E-state index in [1.54, 1.807) is 6.07 Å². The summed E-state index contributed by atoms with van der Waals surface area (Å²) in [5.41, 5.74) is 1.53. The minimum absolute atomic E-state index is 0.123. The molecule has 0 amide bonds. The molecule has 2 aromatic rings. The quantitative estimate of drug-likeness (QED) is 0.471. The number of halogens is 6. The Morgan fingerprint density at radius 3 is 2.19 bits per heavy atom. The van der Waals surface area contributed by atoms with Crippen molar-refractivity contribution in [3.05, 3.63) is 59.4 Å². The van der Waals surface area contributed by atoms with Crippen molar-refractivity contribution in [1.82, 2.24) is 0 Å². The zero-order valence-electron chi connectivity index (χ0n) is 10.7. The molecule has 2 rings (SSSR count). The highest BCUT2D eigenvalue weighted by atomic mass is 79.9. The van der Waals surface area contributed by atoms with Crippen LogP contribution in [0.3, 0.4) is 0 Å². The Bertz CT molecular complexity index is 690. The third kappa shape index (κ3) is 3.74. The Morgan fingerprint density at radius 1 is 0.857 bits per heavy atom. The lowest BCUT2D eigenvalue weighted by molar-refractivity contribution is 0.885. The molecular formula is C14H9BrCl5N. The van der Waals surface area contributed by atoms with Crippen molar-refractivity contribution < 1.29 is 0 Å². The second-order valence-electron chi connectivity index (χ2n) is 4.35. The fourth-order valence-electron chi connectivity index (χ4n) is 1.82. The first-order valence-electron chi connectivity index (χ1n) is 5.86. The molecule has 0 saturated carbocycles. The Balaban J connectivity index is 2.33. The fourth-order valence-corrected chi connectivity index (χ4v) is 3.36. The molecule has 0 bridgehead atoms. The summed E-state index contributed by atoms with van der Waals surface area (Å²) in [6.45, 7) is 1.94. The Labute approximate surface area is 156 Å². The molecule has 0 radical (unpaired) electrons. The average Bonchev–Trinajstić information content (AvgIpc) is 2.45. The van der Waals surface area contributed by atoms with Gasteiger partial charge in [0.1, 0.15) is 0 Å². The molecule has 0 aliphatic carbocycles. The second-order valence-corrected chi connectivity index (χ2v) is 7.13. The molecular weight excluding hydrogens is 439 g/mol. The maximum atomic E-state index is 6.23. The molecule has 1 nitrogen and oxygen atoms in total. The van der Waals surface area contributed by atoms with Gasteiger partial charge < -0.3 is 5.32 Å². The minimum Gasteiger partial charge on any atom is -0.377 e. The molecule has 0 aliphatic heterocycles. The van der Waals surface area contributed by atoms with Crippen molar-refractivity contribution in [3.63, 3.8) is 0 Å². The first kappa shape index (κ1) is 17.5. The molecule has 0 aliphatic rings. The summed E-state index contributed by atoms with van der Waals surface area (Å²) in [5, 5.41) is 5.33. The summed E-state index contributed by atoms with van der Waals surface area (Å²) in [6.07, 6.45) is 0. The predicted octanol–water partition coefficient (Wildman–Crippen LogP) is 7.89. The van der Waals surface area contributed by atoms with Crippen LogP contribution in [0.4, 0.5) is 5.69 Å². The molecule has 0 fully saturated rings. The standard InChI is InChI=1S/C14H9BrCl5N/c1-6(7-2-4-9(16)13(19)11(7)17)21-10-5-3-8(15)12(18)14(10)20/h2-6,21H,1H3. The van der Waals surface area contributed by atoms with Gasteiger partial charge in [0.05, 0.1) is 36.8 Å². The summed E-state index contributed by atoms with van der Waals surface area (Å²) < 4.78 is 0.736. The second kappa shape index (κ2) is 7.16. The van der Waals surface area contributed by atoms with Gasteiger partial charge in [0.25, 0.3) is 0 Å². The van der Waals surface area contributed by atoms with E-state index >= 15 is 0 Å². The molecule has 0 heterocycles. The number of nitrogens with one attached hydrogen (secondary N) is 1. The van der Waals surface area contributed by atoms with Crippen LogP contribution in [-0.4, -0.2) is 0 Å². The van der Waals surface area contributed by atoms with Gasteiger partial charge in [-0.1, -0.05) is 64.1 Å². The van der Waals surface area contributed by atoms with Gasteiger partial charge in [-0.05, 0) is 46.6 Å². The zero-order valence-corrected chi connectivity index (χ0v) is 16.0. The van der Waals surface area contributed by atoms with Crippen molar-refractivity contribution >= 4 is 79.6 Å². The highest BCUT2D eigenvalue weighted by molar-refractivity contribution is 9.10. The van der Waals surface area contributed by atoms with E-state index in [0.29, 0.717) is 30.8 Å². The molecule has 0 saturated heterocycles. The summed E-state index contributed by atoms with van der Waals surface area (Å²) in [7, 11) is 0. The van der Waals surface area contributed by atoms with Crippen LogP contribution in [0.25, 0.3) is 0 Å². The third-order valence-electron chi connectivity index (χ3n) is 2.94. The van der Waals surface area contributed by atoms with Gasteiger partial charge in [-0.3, -0.25) is 0 Å². The van der Waals surface area contributed by atoms with Crippen LogP contribution in [0.2, 0.25) is 25.1 Å². The van der Waals surface area contributed by atoms with Gasteiger partial charge in [0.15, 0.2) is 0 Å². The molecule has 1 N–H and O–H groups in total. The topological polar surface area (TPSA) is 12.0 Å². The van der Waals surface area contributed by atoms with E-state index in [1.165, 1.54) is 0 Å². The van der Waals surface area contributed by atoms with Crippen molar-refractivity contribution in [2.45, 2.75) is 13.0 Å². The fraction of sp³-hybridized carbons (Fsp3) is 0.143. The van der Waals surface area contributed by atoms with E-state index in [-0.39, 0.29) is 6.04 Å². The Hall–Kier alpha value is 0.170. The lowest BCUT2D eigenvalue weighted by Crippen LogP contribution is -2.08. The molecule has 112 valence electrons. The van der Waals surface area contributed by atoms with Gasteiger partial charge in [-0.15, -0.1) is 0 Å². The van der Waals surface area contributed by atoms with Crippen LogP contribution in [-0.2, 0) is 0 Å². The highest BCUT2D eigenvalue weighted by Gasteiger charge is 2.16. The SMILES string of the molecule is CC(Nc1ccc(Br)c(Cl)c1Cl)c1ccc(Cl)c(Cl)c1Cl. The van der Waals surface area contributed by atoms with Gasteiger partial charge in [-0.2, -0.15) is 0 Å². The van der Waals surface area contributed by atoms with E-state index in [2.05, 4.69) is 21.2 Å². The smallest absolute Gasteiger partial charge is 0.0835 e. The largest absolute Gasteiger partial charge is 0.377 e. The molecule has 1 unspecified atom stereocenters. The normalized spacial score (nSPS) is 12.3. The van der Waals surface area contributed by atoms with Gasteiger partial charge in [0, 0.05) is 4.47 Å². The third-order valence-corrected chi connectivity index (χ3v) is 6.02. The molecule has 2 aromatic carbocycles. The Kier molecular flexibility index (Phi) is 5.98. The summed E-state index contributed by atoms with van der Waals surface area (Å²) >= 11 is 33.9. The summed E-state index contributed by atoms with van der Waals surface area (Å²) in [4.78, 5) is 0. The van der Waals surface area contributed by atoms with Crippen molar-refractivity contribution in [3.8, 4) is 0 Å². The van der Waals surface area contributed by atoms with E-state index in [9.17, 15) is 0 Å². The number of anilines is 1. The molecule has 0 aromatic heterocycles. The van der Waals surface area contributed by atoms with Crippen LogP contribution in [0.5, 0.6) is 0 Å². The highest BCUT2D eigenvalue weighted by Crippen LogP contribution is 2.39. The van der Waals surface area contributed by atoms with E-state index < -0.39 is 0 Å². The number of benzene rings is 2. The minimum atomic E-state index is -0.123. The molecule has 0 spiro atoms. The predicted molar refractivity (Wildman–Crippen MR) is 97.7 cm³/mol. The van der Waals surface area contributed by atoms with Crippen LogP contribution in [0.15, 0.2) is 28.7 Å². The first-order valence-corrected chi connectivity index (χ1v) is 8.54. The van der Waals surface area contributed by atoms with Crippen LogP contribution in [0.1, 0.15) is 18.5 Å². The van der Waals surface area contributed by atoms with Crippen LogP contribution in [0, 0.1) is 0 Å². The summed E-state index contributed by atoms with van der Waals surface area (Å²) in [5.74, 6) is 0. The van der Waals surface area contributed by atoms with Crippen molar-refractivity contribution in [2.75, 3.05) is 5.32 Å². The lowest BCUT2D eigenvalue weighted by Gasteiger charge is -2.19. The van der Waals surface area contributed by atoms with Crippen LogP contribution < -0.4 is 5.32 Å². The molecule has 1 atom stereocenters. The van der Waals surface area contributed by atoms with E-state index in [0.717, 1.165) is 10.0 Å². The monoisotopic (exact) mass is 445 g/mol. The first-order chi connectivity index (χ1) is 9.82. The number of hydrogen-bond donors (Lipinski definition) is 1. The van der Waals surface area contributed by atoms with Crippen LogP contribution >= 0.6 is 73.9 Å². The zero-order chi connectivity index (χ0) is 15.7. The average molecular weight is 448 g/mol. The maximum Gasteiger partial charge on any atom is 0.0835 e. The van der Waals surface area contributed by atoms with Gasteiger partial charge >= 0.3 is 0 Å². The lowest BCUT2D eigenvalue weighted by atomic mass is 10.1. The molecule has 7 heteroatoms. The van der Waals surface area contributed by atoms with E-state index in [1.807, 2.05) is 25.1 Å². The maximum absolute atomic E-state index is 6.23. The van der Waals surface area contributed by atoms with Gasteiger partial charge in [0.2, 0.25) is 0 Å². The van der Waals surface area contributed by atoms with Gasteiger partial charge in [-0.25, -0.2) is 0 Å². The van der Waals surface area contributed by atoms with Crippen molar-refractivity contribution in [2.24, 2.45) is 0 Å². The molecule has 21 heavy (non-hydrogen) atoms. The number of hydrogen-bond acceptors (Lipinski definition) is 1. The Morgan fingerprint density at radius 2 is 1.52 bits per heavy atom.